The van der Waals surface area contributed by atoms with E-state index in [1.54, 1.807) is 0 Å². The summed E-state index contributed by atoms with van der Waals surface area (Å²) in [5.74, 6) is 3.93. The van der Waals surface area contributed by atoms with E-state index in [-0.39, 0.29) is 0 Å². The van der Waals surface area contributed by atoms with Crippen LogP contribution in [0.15, 0.2) is 170 Å². The first-order valence-corrected chi connectivity index (χ1v) is 34.9. The van der Waals surface area contributed by atoms with Crippen molar-refractivity contribution in [2.75, 3.05) is 26.4 Å². The summed E-state index contributed by atoms with van der Waals surface area (Å²) in [6.07, 6.45) is 37.6. The second-order valence-corrected chi connectivity index (χ2v) is 23.6. The predicted octanol–water partition coefficient (Wildman–Crippen LogP) is 20.8. The van der Waals surface area contributed by atoms with Crippen LogP contribution < -0.4 is 18.9 Å². The van der Waals surface area contributed by atoms with Crippen LogP contribution in [0.2, 0.25) is 0 Å². The van der Waals surface area contributed by atoms with E-state index < -0.39 is 0 Å². The van der Waals surface area contributed by atoms with Crippen molar-refractivity contribution in [2.24, 2.45) is 0 Å². The molecule has 8 nitrogen and oxygen atoms in total. The van der Waals surface area contributed by atoms with Crippen LogP contribution >= 0.6 is 0 Å². The molecule has 0 saturated carbocycles. The Morgan fingerprint density at radius 1 is 0.211 bits per heavy atom. The summed E-state index contributed by atoms with van der Waals surface area (Å²) in [5.41, 5.74) is 15.3. The SMILES string of the molecule is CCCCCCCOc1ccc(CCc2ccc(CC)nc2)cc1.CCCCCCOc1ccc(CCc2ccc(CC)nc2)cc1.CCCCCOc1ccc(CCc2ccc(CC)nc2)cc1.CCCCOc1ccc(CCc2ccc(CC)nc2)cc1. The lowest BCUT2D eigenvalue weighted by molar-refractivity contribution is 0.304. The molecule has 4 aromatic carbocycles. The van der Waals surface area contributed by atoms with Gasteiger partial charge in [-0.1, -0.05) is 192 Å². The van der Waals surface area contributed by atoms with Gasteiger partial charge in [-0.25, -0.2) is 0 Å². The molecule has 8 aromatic rings. The molecule has 4 heterocycles. The Morgan fingerprint density at radius 2 is 0.411 bits per heavy atom. The van der Waals surface area contributed by atoms with Gasteiger partial charge in [-0.2, -0.15) is 0 Å². The van der Waals surface area contributed by atoms with Crippen molar-refractivity contribution >= 4 is 0 Å². The van der Waals surface area contributed by atoms with Gasteiger partial charge in [0.2, 0.25) is 0 Å². The zero-order chi connectivity index (χ0) is 63.9. The molecular weight excluding hydrogens is 1100 g/mol. The van der Waals surface area contributed by atoms with Crippen molar-refractivity contribution in [2.45, 2.75) is 222 Å². The van der Waals surface area contributed by atoms with Crippen LogP contribution in [0, 0.1) is 0 Å². The molecule has 0 amide bonds. The Bertz CT molecular complexity index is 2980. The molecule has 0 spiro atoms. The smallest absolute Gasteiger partial charge is 0.119 e. The quantitative estimate of drug-likeness (QED) is 0.0354. The maximum atomic E-state index is 5.82. The second kappa shape index (κ2) is 46.7. The molecule has 0 unspecified atom stereocenters. The number of aromatic nitrogens is 4. The number of rotatable bonds is 38. The summed E-state index contributed by atoms with van der Waals surface area (Å²) >= 11 is 0. The average molecular weight is 1220 g/mol. The van der Waals surface area contributed by atoms with E-state index >= 15 is 0 Å². The molecule has 0 aliphatic rings. The minimum atomic E-state index is 0.811. The lowest BCUT2D eigenvalue weighted by Gasteiger charge is -2.07. The summed E-state index contributed by atoms with van der Waals surface area (Å²) in [6, 6.07) is 51.3. The van der Waals surface area contributed by atoms with E-state index in [0.717, 1.165) is 175 Å². The number of unbranched alkanes of at least 4 members (excludes halogenated alkanes) is 10. The molecular formula is C82H112N4O4. The molecule has 0 aliphatic carbocycles. The third-order valence-corrected chi connectivity index (χ3v) is 16.1. The van der Waals surface area contributed by atoms with Crippen molar-refractivity contribution in [3.8, 4) is 23.0 Å². The maximum absolute atomic E-state index is 5.82. The molecule has 8 rings (SSSR count). The monoisotopic (exact) mass is 1220 g/mol. The summed E-state index contributed by atoms with van der Waals surface area (Å²) in [7, 11) is 0. The maximum Gasteiger partial charge on any atom is 0.119 e. The number of hydrogen-bond donors (Lipinski definition) is 0. The Morgan fingerprint density at radius 3 is 0.644 bits per heavy atom. The molecule has 90 heavy (non-hydrogen) atoms. The fourth-order valence-corrected chi connectivity index (χ4v) is 9.90. The van der Waals surface area contributed by atoms with E-state index in [1.165, 1.54) is 109 Å². The molecule has 0 bridgehead atoms. The Kier molecular flexibility index (Phi) is 38.1. The number of aryl methyl sites for hydroxylation is 12. The van der Waals surface area contributed by atoms with Crippen LogP contribution in [-0.4, -0.2) is 46.4 Å². The standard InChI is InChI=1S/C22H31NO.C21H29NO.C20H27NO.C19H25NO/c1-3-5-6-7-8-17-24-22-15-12-19(13-16-22)9-10-20-11-14-21(4-2)23-18-20;1-3-5-6-7-16-23-21-14-11-18(12-15-21)8-9-19-10-13-20(4-2)22-17-19;1-3-5-6-15-22-20-13-10-17(11-14-20)7-8-18-9-12-19(4-2)21-16-18;1-3-5-14-21-19-12-9-16(10-13-19)6-7-17-8-11-18(4-2)20-15-17/h11-16,18H,3-10,17H2,1-2H3;10-15,17H,3-9,16H2,1-2H3;9-14,16H,3-8,15H2,1-2H3;8-13,15H,3-7,14H2,1-2H3. The lowest BCUT2D eigenvalue weighted by atomic mass is 10.1. The topological polar surface area (TPSA) is 88.5 Å². The number of benzene rings is 4. The molecule has 8 heteroatoms. The largest absolute Gasteiger partial charge is 0.494 e. The number of nitrogens with zero attached hydrogens (tertiary/aromatic N) is 4. The van der Waals surface area contributed by atoms with Gasteiger partial charge in [0.15, 0.2) is 0 Å². The van der Waals surface area contributed by atoms with Crippen molar-refractivity contribution in [1.29, 1.82) is 0 Å². The van der Waals surface area contributed by atoms with Gasteiger partial charge in [0.1, 0.15) is 23.0 Å². The van der Waals surface area contributed by atoms with Crippen LogP contribution in [0.5, 0.6) is 23.0 Å². The lowest BCUT2D eigenvalue weighted by Crippen LogP contribution is -1.98. The first kappa shape index (κ1) is 73.4. The molecule has 0 saturated heterocycles. The fraction of sp³-hybridized carbons (Fsp3) is 0.463. The highest BCUT2D eigenvalue weighted by molar-refractivity contribution is 5.32. The zero-order valence-electron chi connectivity index (χ0n) is 56.8. The number of hydrogen-bond acceptors (Lipinski definition) is 8. The van der Waals surface area contributed by atoms with Crippen molar-refractivity contribution < 1.29 is 18.9 Å². The molecule has 0 radical (unpaired) electrons. The minimum Gasteiger partial charge on any atom is -0.494 e. The highest BCUT2D eigenvalue weighted by Gasteiger charge is 2.05. The molecule has 0 atom stereocenters. The van der Waals surface area contributed by atoms with Gasteiger partial charge >= 0.3 is 0 Å². The highest BCUT2D eigenvalue weighted by atomic mass is 16.5. The van der Waals surface area contributed by atoms with E-state index in [1.807, 2.05) is 24.8 Å². The van der Waals surface area contributed by atoms with E-state index in [0.29, 0.717) is 0 Å². The summed E-state index contributed by atoms with van der Waals surface area (Å²) in [5, 5.41) is 0. The van der Waals surface area contributed by atoms with Gasteiger partial charge in [0, 0.05) is 47.6 Å². The Hall–Kier alpha value is -7.32. The van der Waals surface area contributed by atoms with Gasteiger partial charge in [0.25, 0.3) is 0 Å². The minimum absolute atomic E-state index is 0.811. The predicted molar refractivity (Wildman–Crippen MR) is 379 cm³/mol. The molecule has 484 valence electrons. The number of pyridine rings is 4. The molecule has 4 aromatic heterocycles. The van der Waals surface area contributed by atoms with Gasteiger partial charge in [-0.05, 0) is 220 Å². The van der Waals surface area contributed by atoms with Crippen LogP contribution in [0.4, 0.5) is 0 Å². The van der Waals surface area contributed by atoms with E-state index in [4.69, 9.17) is 18.9 Å². The zero-order valence-corrected chi connectivity index (χ0v) is 56.8. The van der Waals surface area contributed by atoms with Crippen molar-refractivity contribution in [1.82, 2.24) is 19.9 Å². The van der Waals surface area contributed by atoms with Crippen LogP contribution in [0.1, 0.15) is 213 Å². The van der Waals surface area contributed by atoms with Gasteiger partial charge in [-0.15, -0.1) is 0 Å². The van der Waals surface area contributed by atoms with Gasteiger partial charge < -0.3 is 18.9 Å². The second-order valence-electron chi connectivity index (χ2n) is 23.6. The van der Waals surface area contributed by atoms with E-state index in [2.05, 4.69) is 221 Å². The Labute approximate surface area is 545 Å². The average Bonchev–Trinajstić information content (AvgIpc) is 3.81. The summed E-state index contributed by atoms with van der Waals surface area (Å²) < 4.78 is 23.0. The number of ether oxygens (including phenoxy) is 4. The van der Waals surface area contributed by atoms with Gasteiger partial charge in [-0.3, -0.25) is 19.9 Å². The van der Waals surface area contributed by atoms with Crippen LogP contribution in [-0.2, 0) is 77.0 Å². The molecule has 0 aliphatic heterocycles. The van der Waals surface area contributed by atoms with Gasteiger partial charge in [0.05, 0.1) is 26.4 Å². The van der Waals surface area contributed by atoms with Crippen LogP contribution in [0.3, 0.4) is 0 Å². The van der Waals surface area contributed by atoms with E-state index in [9.17, 15) is 0 Å². The summed E-state index contributed by atoms with van der Waals surface area (Å²) in [6.45, 7) is 20.7. The normalized spacial score (nSPS) is 10.7. The first-order valence-electron chi connectivity index (χ1n) is 34.9. The summed E-state index contributed by atoms with van der Waals surface area (Å²) in [4.78, 5) is 17.8. The first-order chi connectivity index (χ1) is 44.3. The van der Waals surface area contributed by atoms with Crippen molar-refractivity contribution in [3.63, 3.8) is 0 Å². The Balaban J connectivity index is 0.000000218. The van der Waals surface area contributed by atoms with Crippen molar-refractivity contribution in [3.05, 3.63) is 238 Å². The molecule has 0 N–H and O–H groups in total. The highest BCUT2D eigenvalue weighted by Crippen LogP contribution is 2.20. The molecule has 0 fully saturated rings. The fourth-order valence-electron chi connectivity index (χ4n) is 9.90. The third-order valence-electron chi connectivity index (χ3n) is 16.1. The third kappa shape index (κ3) is 31.9. The van der Waals surface area contributed by atoms with Crippen LogP contribution in [0.25, 0.3) is 0 Å².